The molecule has 3 aromatic rings. The molecule has 0 aliphatic carbocycles. The van der Waals surface area contributed by atoms with Crippen LogP contribution in [0, 0.1) is 5.92 Å². The van der Waals surface area contributed by atoms with Crippen molar-refractivity contribution in [2.75, 3.05) is 13.7 Å². The molecule has 32 heavy (non-hydrogen) atoms. The van der Waals surface area contributed by atoms with Gasteiger partial charge in [0.05, 0.1) is 25.1 Å². The number of benzene rings is 1. The summed E-state index contributed by atoms with van der Waals surface area (Å²) < 4.78 is 7.13. The van der Waals surface area contributed by atoms with Crippen LogP contribution >= 0.6 is 0 Å². The molecule has 0 bridgehead atoms. The minimum atomic E-state index is -0.477. The Labute approximate surface area is 187 Å². The Morgan fingerprint density at radius 1 is 1.22 bits per heavy atom. The van der Waals surface area contributed by atoms with E-state index in [-0.39, 0.29) is 30.3 Å². The Kier molecular flexibility index (Phi) is 6.39. The Balaban J connectivity index is 1.58. The normalized spacial score (nSPS) is 19.3. The van der Waals surface area contributed by atoms with Crippen molar-refractivity contribution in [1.82, 2.24) is 24.8 Å². The average Bonchev–Trinajstić information content (AvgIpc) is 3.39. The first kappa shape index (κ1) is 21.8. The van der Waals surface area contributed by atoms with E-state index in [1.54, 1.807) is 7.11 Å². The molecule has 1 saturated heterocycles. The van der Waals surface area contributed by atoms with Crippen molar-refractivity contribution in [2.45, 2.75) is 45.2 Å². The molecule has 4 rings (SSSR count). The molecule has 8 heteroatoms. The number of nitrogens with one attached hydrogen (secondary N) is 1. The highest BCUT2D eigenvalue weighted by Gasteiger charge is 2.44. The van der Waals surface area contributed by atoms with E-state index in [1.165, 1.54) is 0 Å². The monoisotopic (exact) mass is 435 g/mol. The van der Waals surface area contributed by atoms with Crippen LogP contribution in [0.3, 0.4) is 0 Å². The van der Waals surface area contributed by atoms with E-state index in [2.05, 4.69) is 22.4 Å². The Morgan fingerprint density at radius 3 is 2.72 bits per heavy atom. The predicted octanol–water partition coefficient (Wildman–Crippen LogP) is 3.31. The maximum absolute atomic E-state index is 13.4. The van der Waals surface area contributed by atoms with Crippen LogP contribution in [-0.4, -0.2) is 45.0 Å². The lowest BCUT2D eigenvalue weighted by Gasteiger charge is -2.29. The van der Waals surface area contributed by atoms with Crippen molar-refractivity contribution in [1.29, 1.82) is 0 Å². The van der Waals surface area contributed by atoms with Gasteiger partial charge in [0.1, 0.15) is 5.75 Å². The lowest BCUT2D eigenvalue weighted by molar-refractivity contribution is -0.129. The number of ether oxygens (including phenoxy) is 1. The first-order chi connectivity index (χ1) is 15.5. The van der Waals surface area contributed by atoms with E-state index in [9.17, 15) is 9.59 Å². The summed E-state index contributed by atoms with van der Waals surface area (Å²) in [4.78, 5) is 28.1. The maximum atomic E-state index is 13.4. The van der Waals surface area contributed by atoms with Crippen LogP contribution < -0.4 is 10.1 Å². The largest absolute Gasteiger partial charge is 0.497 e. The summed E-state index contributed by atoms with van der Waals surface area (Å²) in [6.45, 7) is 4.62. The van der Waals surface area contributed by atoms with E-state index in [1.807, 2.05) is 64.9 Å². The van der Waals surface area contributed by atoms with Gasteiger partial charge in [0.2, 0.25) is 11.8 Å². The molecule has 1 fully saturated rings. The number of hydrogen-bond acceptors (Lipinski definition) is 5. The van der Waals surface area contributed by atoms with Gasteiger partial charge in [-0.1, -0.05) is 31.5 Å². The van der Waals surface area contributed by atoms with Crippen molar-refractivity contribution in [3.05, 3.63) is 60.0 Å². The molecule has 8 nitrogen and oxygen atoms in total. The molecule has 0 radical (unpaired) electrons. The number of amides is 2. The van der Waals surface area contributed by atoms with E-state index >= 15 is 0 Å². The van der Waals surface area contributed by atoms with Gasteiger partial charge in [0.15, 0.2) is 11.5 Å². The molecular weight excluding hydrogens is 406 g/mol. The topological polar surface area (TPSA) is 88.8 Å². The summed E-state index contributed by atoms with van der Waals surface area (Å²) in [6.07, 6.45) is 3.94. The third-order valence-corrected chi connectivity index (χ3v) is 6.06. The molecule has 3 atom stereocenters. The van der Waals surface area contributed by atoms with E-state index < -0.39 is 5.92 Å². The van der Waals surface area contributed by atoms with Crippen LogP contribution in [0.5, 0.6) is 5.75 Å². The van der Waals surface area contributed by atoms with Crippen molar-refractivity contribution in [2.24, 2.45) is 5.92 Å². The molecule has 1 aromatic carbocycles. The number of fused-ring (bicyclic) bond motifs is 1. The SMILES string of the molecule is CCCCN1C(=O)CC(C(=O)NC(C)c2nnc3ccccn23)C1c1ccc(OC)cc1. The van der Waals surface area contributed by atoms with Crippen molar-refractivity contribution < 1.29 is 14.3 Å². The van der Waals surface area contributed by atoms with Gasteiger partial charge in [-0.05, 0) is 43.2 Å². The Hall–Kier alpha value is -3.42. The number of hydrogen-bond donors (Lipinski definition) is 1. The van der Waals surface area contributed by atoms with Crippen molar-refractivity contribution >= 4 is 17.5 Å². The first-order valence-corrected chi connectivity index (χ1v) is 11.1. The minimum absolute atomic E-state index is 0.0139. The van der Waals surface area contributed by atoms with Crippen LogP contribution in [0.25, 0.3) is 5.65 Å². The second kappa shape index (κ2) is 9.38. The lowest BCUT2D eigenvalue weighted by Crippen LogP contribution is -2.37. The van der Waals surface area contributed by atoms with E-state index in [0.29, 0.717) is 12.4 Å². The average molecular weight is 436 g/mol. The van der Waals surface area contributed by atoms with Gasteiger partial charge < -0.3 is 15.0 Å². The second-order valence-electron chi connectivity index (χ2n) is 8.19. The fourth-order valence-electron chi connectivity index (χ4n) is 4.37. The quantitative estimate of drug-likeness (QED) is 0.586. The number of carbonyl (C=O) groups excluding carboxylic acids is 2. The zero-order valence-corrected chi connectivity index (χ0v) is 18.7. The summed E-state index contributed by atoms with van der Waals surface area (Å²) >= 11 is 0. The smallest absolute Gasteiger partial charge is 0.226 e. The highest BCUT2D eigenvalue weighted by molar-refractivity contribution is 5.90. The Morgan fingerprint density at radius 2 is 2.00 bits per heavy atom. The molecule has 168 valence electrons. The standard InChI is InChI=1S/C24H29N5O3/c1-4-5-13-29-21(30)15-19(22(29)17-9-11-18(32-3)12-10-17)24(31)25-16(2)23-27-26-20-8-6-7-14-28(20)23/h6-12,14,16,19,22H,4-5,13,15H2,1-3H3,(H,25,31). The molecule has 1 N–H and O–H groups in total. The van der Waals surface area contributed by atoms with Gasteiger partial charge >= 0.3 is 0 Å². The third-order valence-electron chi connectivity index (χ3n) is 6.06. The number of methoxy groups -OCH3 is 1. The molecular formula is C24H29N5O3. The summed E-state index contributed by atoms with van der Waals surface area (Å²) in [7, 11) is 1.62. The second-order valence-corrected chi connectivity index (χ2v) is 8.19. The highest BCUT2D eigenvalue weighted by Crippen LogP contribution is 2.39. The summed E-state index contributed by atoms with van der Waals surface area (Å²) in [5, 5.41) is 11.5. The molecule has 1 aliphatic heterocycles. The van der Waals surface area contributed by atoms with E-state index in [0.717, 1.165) is 29.8 Å². The molecule has 3 unspecified atom stereocenters. The van der Waals surface area contributed by atoms with Crippen LogP contribution in [0.4, 0.5) is 0 Å². The summed E-state index contributed by atoms with van der Waals surface area (Å²) in [6, 6.07) is 12.6. The number of carbonyl (C=O) groups is 2. The number of unbranched alkanes of at least 4 members (excludes halogenated alkanes) is 1. The zero-order valence-electron chi connectivity index (χ0n) is 18.7. The predicted molar refractivity (Wildman–Crippen MR) is 120 cm³/mol. The third kappa shape index (κ3) is 4.17. The molecule has 2 amide bonds. The van der Waals surface area contributed by atoms with Gasteiger partial charge in [-0.15, -0.1) is 10.2 Å². The van der Waals surface area contributed by atoms with Crippen molar-refractivity contribution in [3.63, 3.8) is 0 Å². The van der Waals surface area contributed by atoms with Crippen LogP contribution in [0.1, 0.15) is 56.6 Å². The van der Waals surface area contributed by atoms with E-state index in [4.69, 9.17) is 4.74 Å². The molecule has 0 saturated carbocycles. The number of rotatable bonds is 8. The minimum Gasteiger partial charge on any atom is -0.497 e. The van der Waals surface area contributed by atoms with Gasteiger partial charge in [-0.3, -0.25) is 14.0 Å². The number of aromatic nitrogens is 3. The molecule has 0 spiro atoms. The van der Waals surface area contributed by atoms with Gasteiger partial charge in [-0.25, -0.2) is 0 Å². The van der Waals surface area contributed by atoms with Crippen LogP contribution in [0.15, 0.2) is 48.7 Å². The van der Waals surface area contributed by atoms with Crippen molar-refractivity contribution in [3.8, 4) is 5.75 Å². The number of likely N-dealkylation sites (tertiary alicyclic amines) is 1. The Bertz CT molecular complexity index is 1090. The van der Waals surface area contributed by atoms with Crippen LogP contribution in [0.2, 0.25) is 0 Å². The summed E-state index contributed by atoms with van der Waals surface area (Å²) in [5.41, 5.74) is 1.66. The molecule has 1 aliphatic rings. The van der Waals surface area contributed by atoms with Gasteiger partial charge in [0.25, 0.3) is 0 Å². The fraction of sp³-hybridized carbons (Fsp3) is 0.417. The maximum Gasteiger partial charge on any atom is 0.226 e. The number of nitrogens with zero attached hydrogens (tertiary/aromatic N) is 4. The number of pyridine rings is 1. The lowest BCUT2D eigenvalue weighted by atomic mass is 9.92. The highest BCUT2D eigenvalue weighted by atomic mass is 16.5. The van der Waals surface area contributed by atoms with Gasteiger partial charge in [-0.2, -0.15) is 0 Å². The molecule has 3 heterocycles. The zero-order chi connectivity index (χ0) is 22.7. The van der Waals surface area contributed by atoms with Crippen LogP contribution in [-0.2, 0) is 9.59 Å². The summed E-state index contributed by atoms with van der Waals surface area (Å²) in [5.74, 6) is 0.779. The van der Waals surface area contributed by atoms with Gasteiger partial charge in [0, 0.05) is 19.2 Å². The fourth-order valence-corrected chi connectivity index (χ4v) is 4.37. The first-order valence-electron chi connectivity index (χ1n) is 11.1. The molecule has 2 aromatic heterocycles.